The molecule has 8 nitrogen and oxygen atoms in total. The van der Waals surface area contributed by atoms with Crippen LogP contribution in [0, 0.1) is 11.3 Å². The van der Waals surface area contributed by atoms with Crippen LogP contribution in [0.1, 0.15) is 18.6 Å². The average Bonchev–Trinajstić information content (AvgIpc) is 3.34. The van der Waals surface area contributed by atoms with E-state index in [9.17, 15) is 15.2 Å². The Hall–Kier alpha value is -4.12. The van der Waals surface area contributed by atoms with E-state index in [1.807, 2.05) is 55.5 Å². The topological polar surface area (TPSA) is 117 Å². The third kappa shape index (κ3) is 3.61. The quantitative estimate of drug-likeness (QED) is 0.290. The number of nitrogens with zero attached hydrogens (tertiary/aromatic N) is 4. The van der Waals surface area contributed by atoms with Crippen LogP contribution in [-0.2, 0) is 22.5 Å². The summed E-state index contributed by atoms with van der Waals surface area (Å²) in [4.78, 5) is 24.2. The molecule has 0 spiro atoms. The van der Waals surface area contributed by atoms with E-state index in [-0.39, 0.29) is 23.7 Å². The number of rotatable bonds is 6. The largest absolute Gasteiger partial charge is 0.507 e. The second-order valence-electron chi connectivity index (χ2n) is 6.65. The lowest BCUT2D eigenvalue weighted by molar-refractivity contribution is -0.144. The Kier molecular flexibility index (Phi) is 5.18. The highest BCUT2D eigenvalue weighted by Gasteiger charge is 2.17. The molecule has 0 atom stereocenters. The molecule has 30 heavy (non-hydrogen) atoms. The first-order chi connectivity index (χ1) is 14.6. The summed E-state index contributed by atoms with van der Waals surface area (Å²) in [6.07, 6.45) is 0.664. The number of nitrogens with one attached hydrogen (secondary N) is 1. The van der Waals surface area contributed by atoms with E-state index >= 15 is 0 Å². The smallest absolute Gasteiger partial charge is 0.326 e. The van der Waals surface area contributed by atoms with Crippen LogP contribution in [0.3, 0.4) is 0 Å². The molecule has 0 aliphatic rings. The minimum absolute atomic E-state index is 0.0382. The van der Waals surface area contributed by atoms with Gasteiger partial charge in [0.2, 0.25) is 0 Å². The van der Waals surface area contributed by atoms with E-state index < -0.39 is 12.6 Å². The maximum Gasteiger partial charge on any atom is 0.326 e. The van der Waals surface area contributed by atoms with Crippen molar-refractivity contribution in [2.45, 2.75) is 19.9 Å². The molecule has 0 bridgehead atoms. The number of aliphatic hydroxyl groups is 1. The van der Waals surface area contributed by atoms with Crippen LogP contribution in [0.2, 0.25) is 0 Å². The van der Waals surface area contributed by atoms with Crippen molar-refractivity contribution in [2.24, 2.45) is 0 Å². The van der Waals surface area contributed by atoms with Gasteiger partial charge < -0.3 is 19.4 Å². The molecule has 4 aromatic rings. The van der Waals surface area contributed by atoms with Gasteiger partial charge in [0.05, 0.1) is 22.1 Å². The van der Waals surface area contributed by atoms with Crippen molar-refractivity contribution in [3.05, 3.63) is 65.9 Å². The van der Waals surface area contributed by atoms with Crippen molar-refractivity contribution in [2.75, 3.05) is 6.61 Å². The lowest BCUT2D eigenvalue weighted by Crippen LogP contribution is -2.17. The third-order valence-corrected chi connectivity index (χ3v) is 4.73. The highest BCUT2D eigenvalue weighted by Crippen LogP contribution is 2.19. The zero-order chi connectivity index (χ0) is 21.1. The summed E-state index contributed by atoms with van der Waals surface area (Å²) < 4.78 is 7.01. The lowest BCUT2D eigenvalue weighted by atomic mass is 10.2. The molecule has 0 unspecified atom stereocenters. The molecule has 8 heteroatoms. The SMILES string of the molecule is CCc1nc2ccccc2n1CC(=O)OCC(O)=C(C#N)c1nc2ccccc2[nH]1. The molecule has 0 aliphatic carbocycles. The molecule has 2 aromatic heterocycles. The second-order valence-corrected chi connectivity index (χ2v) is 6.65. The van der Waals surface area contributed by atoms with E-state index in [1.54, 1.807) is 10.6 Å². The maximum absolute atomic E-state index is 12.4. The number of ether oxygens (including phenoxy) is 1. The first-order valence-corrected chi connectivity index (χ1v) is 9.47. The number of hydrogen-bond donors (Lipinski definition) is 2. The van der Waals surface area contributed by atoms with E-state index in [2.05, 4.69) is 15.0 Å². The number of H-pyrrole nitrogens is 1. The first-order valence-electron chi connectivity index (χ1n) is 9.47. The summed E-state index contributed by atoms with van der Waals surface area (Å²) in [5.74, 6) is 0.0893. The fraction of sp³-hybridized carbons (Fsp3) is 0.182. The summed E-state index contributed by atoms with van der Waals surface area (Å²) in [5, 5.41) is 19.8. The zero-order valence-electron chi connectivity index (χ0n) is 16.3. The van der Waals surface area contributed by atoms with Crippen molar-refractivity contribution in [1.29, 1.82) is 5.26 Å². The number of aryl methyl sites for hydroxylation is 1. The Morgan fingerprint density at radius 3 is 2.63 bits per heavy atom. The van der Waals surface area contributed by atoms with Crippen LogP contribution >= 0.6 is 0 Å². The Balaban J connectivity index is 1.51. The first kappa shape index (κ1) is 19.2. The van der Waals surface area contributed by atoms with Gasteiger partial charge in [-0.05, 0) is 24.3 Å². The van der Waals surface area contributed by atoms with Gasteiger partial charge in [0.1, 0.15) is 30.6 Å². The third-order valence-electron chi connectivity index (χ3n) is 4.73. The minimum Gasteiger partial charge on any atom is -0.507 e. The number of aromatic nitrogens is 4. The second kappa shape index (κ2) is 8.09. The average molecular weight is 401 g/mol. The number of para-hydroxylation sites is 4. The highest BCUT2D eigenvalue weighted by molar-refractivity contribution is 5.83. The van der Waals surface area contributed by atoms with Gasteiger partial charge in [-0.3, -0.25) is 4.79 Å². The molecule has 0 amide bonds. The van der Waals surface area contributed by atoms with Crippen LogP contribution in [0.4, 0.5) is 0 Å². The predicted octanol–water partition coefficient (Wildman–Crippen LogP) is 3.51. The fourth-order valence-electron chi connectivity index (χ4n) is 3.29. The molecular weight excluding hydrogens is 382 g/mol. The summed E-state index contributed by atoms with van der Waals surface area (Å²) in [6, 6.07) is 16.7. The molecule has 2 N–H and O–H groups in total. The van der Waals surface area contributed by atoms with E-state index in [1.165, 1.54) is 0 Å². The van der Waals surface area contributed by atoms with Gasteiger partial charge in [-0.2, -0.15) is 5.26 Å². The van der Waals surface area contributed by atoms with Gasteiger partial charge in [-0.15, -0.1) is 0 Å². The zero-order valence-corrected chi connectivity index (χ0v) is 16.3. The number of nitriles is 1. The van der Waals surface area contributed by atoms with Gasteiger partial charge in [-0.25, -0.2) is 9.97 Å². The van der Waals surface area contributed by atoms with Crippen LogP contribution in [0.15, 0.2) is 54.3 Å². The van der Waals surface area contributed by atoms with Gasteiger partial charge in [0, 0.05) is 6.42 Å². The van der Waals surface area contributed by atoms with Gasteiger partial charge in [-0.1, -0.05) is 31.2 Å². The number of benzene rings is 2. The number of carbonyl (C=O) groups excluding carboxylic acids is 1. The van der Waals surface area contributed by atoms with Gasteiger partial charge >= 0.3 is 5.97 Å². The van der Waals surface area contributed by atoms with E-state index in [0.717, 1.165) is 22.4 Å². The summed E-state index contributed by atoms with van der Waals surface area (Å²) >= 11 is 0. The van der Waals surface area contributed by atoms with Crippen LogP contribution < -0.4 is 0 Å². The summed E-state index contributed by atoms with van der Waals surface area (Å²) in [7, 11) is 0. The van der Waals surface area contributed by atoms with Crippen molar-refractivity contribution >= 4 is 33.6 Å². The van der Waals surface area contributed by atoms with Gasteiger partial charge in [0.15, 0.2) is 11.6 Å². The molecule has 4 rings (SSSR count). The van der Waals surface area contributed by atoms with Gasteiger partial charge in [0.25, 0.3) is 0 Å². The number of aromatic amines is 1. The number of hydrogen-bond acceptors (Lipinski definition) is 6. The molecule has 2 heterocycles. The number of esters is 1. The highest BCUT2D eigenvalue weighted by atomic mass is 16.5. The van der Waals surface area contributed by atoms with Crippen molar-refractivity contribution < 1.29 is 14.6 Å². The lowest BCUT2D eigenvalue weighted by Gasteiger charge is -2.09. The number of allylic oxidation sites excluding steroid dienone is 1. The predicted molar refractivity (Wildman–Crippen MR) is 111 cm³/mol. The fourth-order valence-corrected chi connectivity index (χ4v) is 3.29. The number of aliphatic hydroxyl groups excluding tert-OH is 1. The normalized spacial score (nSPS) is 12.0. The van der Waals surface area contributed by atoms with Crippen LogP contribution in [0.25, 0.3) is 27.6 Å². The van der Waals surface area contributed by atoms with Crippen molar-refractivity contribution in [3.63, 3.8) is 0 Å². The van der Waals surface area contributed by atoms with E-state index in [4.69, 9.17) is 4.74 Å². The molecule has 2 aromatic carbocycles. The minimum atomic E-state index is -0.540. The van der Waals surface area contributed by atoms with Crippen molar-refractivity contribution in [3.8, 4) is 6.07 Å². The molecule has 150 valence electrons. The van der Waals surface area contributed by atoms with E-state index in [0.29, 0.717) is 11.9 Å². The summed E-state index contributed by atoms with van der Waals surface area (Å²) in [5.41, 5.74) is 2.99. The molecule has 0 radical (unpaired) electrons. The number of fused-ring (bicyclic) bond motifs is 2. The van der Waals surface area contributed by atoms with Crippen molar-refractivity contribution in [1.82, 2.24) is 19.5 Å². The monoisotopic (exact) mass is 401 g/mol. The molecule has 0 saturated heterocycles. The Bertz CT molecular complexity index is 1280. The number of imidazole rings is 2. The molecule has 0 fully saturated rings. The van der Waals surface area contributed by atoms with Crippen LogP contribution in [-0.4, -0.2) is 37.2 Å². The number of carbonyl (C=O) groups is 1. The Labute approximate surface area is 172 Å². The standard InChI is InChI=1S/C22H19N5O3/c1-2-20-24-17-9-5-6-10-18(17)27(20)12-21(29)30-13-19(28)14(11-23)22-25-15-7-3-4-8-16(15)26-22/h3-10,28H,2,12-13H2,1H3,(H,25,26). The molecular formula is C22H19N5O3. The molecule has 0 aliphatic heterocycles. The Morgan fingerprint density at radius 1 is 1.17 bits per heavy atom. The maximum atomic E-state index is 12.4. The van der Waals surface area contributed by atoms with Crippen LogP contribution in [0.5, 0.6) is 0 Å². The molecule has 0 saturated carbocycles. The Morgan fingerprint density at radius 2 is 1.90 bits per heavy atom. The summed E-state index contributed by atoms with van der Waals surface area (Å²) in [6.45, 7) is 1.50.